The summed E-state index contributed by atoms with van der Waals surface area (Å²) < 4.78 is 13.5. The molecular formula is C18H25N3O2. The Labute approximate surface area is 137 Å². The van der Waals surface area contributed by atoms with Gasteiger partial charge in [-0.25, -0.2) is 0 Å². The van der Waals surface area contributed by atoms with Gasteiger partial charge in [-0.05, 0) is 37.8 Å². The predicted molar refractivity (Wildman–Crippen MR) is 87.0 cm³/mol. The number of furan rings is 1. The second-order valence-corrected chi connectivity index (χ2v) is 6.82. The van der Waals surface area contributed by atoms with Crippen LogP contribution in [0.25, 0.3) is 0 Å². The van der Waals surface area contributed by atoms with Crippen LogP contribution in [-0.2, 0) is 24.4 Å². The lowest BCUT2D eigenvalue weighted by atomic mass is 9.97. The molecular weight excluding hydrogens is 290 g/mol. The number of aromatic nitrogens is 2. The molecule has 2 aromatic heterocycles. The Balaban J connectivity index is 1.46. The topological polar surface area (TPSA) is 43.4 Å². The first kappa shape index (κ1) is 15.0. The van der Waals surface area contributed by atoms with Gasteiger partial charge in [0, 0.05) is 43.9 Å². The summed E-state index contributed by atoms with van der Waals surface area (Å²) >= 11 is 0. The van der Waals surface area contributed by atoms with Crippen LogP contribution < -0.4 is 0 Å². The lowest BCUT2D eigenvalue weighted by Crippen LogP contribution is -2.34. The van der Waals surface area contributed by atoms with Crippen molar-refractivity contribution in [3.63, 3.8) is 0 Å². The highest BCUT2D eigenvalue weighted by atomic mass is 16.5. The Bertz CT molecular complexity index is 631. The molecule has 0 N–H and O–H groups in total. The lowest BCUT2D eigenvalue weighted by Gasteiger charge is -2.31. The molecule has 23 heavy (non-hydrogen) atoms. The summed E-state index contributed by atoms with van der Waals surface area (Å²) in [5.41, 5.74) is 2.57. The van der Waals surface area contributed by atoms with E-state index in [0.29, 0.717) is 5.92 Å². The molecule has 0 saturated heterocycles. The fourth-order valence-electron chi connectivity index (χ4n) is 3.35. The van der Waals surface area contributed by atoms with Crippen LogP contribution >= 0.6 is 0 Å². The van der Waals surface area contributed by atoms with E-state index < -0.39 is 0 Å². The van der Waals surface area contributed by atoms with Gasteiger partial charge in [-0.2, -0.15) is 5.10 Å². The van der Waals surface area contributed by atoms with Crippen LogP contribution in [0.1, 0.15) is 42.7 Å². The Morgan fingerprint density at radius 3 is 3.00 bits per heavy atom. The Hall–Kier alpha value is -1.59. The van der Waals surface area contributed by atoms with E-state index in [4.69, 9.17) is 14.3 Å². The maximum Gasteiger partial charge on any atom is 0.117 e. The molecule has 0 radical (unpaired) electrons. The summed E-state index contributed by atoms with van der Waals surface area (Å²) in [4.78, 5) is 2.44. The highest BCUT2D eigenvalue weighted by molar-refractivity contribution is 5.25. The number of hydrogen-bond donors (Lipinski definition) is 0. The van der Waals surface area contributed by atoms with Gasteiger partial charge in [-0.15, -0.1) is 0 Å². The van der Waals surface area contributed by atoms with Gasteiger partial charge in [-0.1, -0.05) is 0 Å². The monoisotopic (exact) mass is 315 g/mol. The quantitative estimate of drug-likeness (QED) is 0.788. The number of aryl methyl sites for hydroxylation is 1. The Morgan fingerprint density at radius 2 is 2.26 bits per heavy atom. The standard InChI is InChI=1S/C18H25N3O2/c1-2-21-10-15-8-20(11-17-4-3-7-23-17)9-16(18(15)19-21)13-22-12-14-5-6-14/h3-4,7,10,14,16H,2,5-6,8-9,11-13H2,1H3/t16-/m1/s1. The van der Waals surface area contributed by atoms with Crippen molar-refractivity contribution in [2.75, 3.05) is 19.8 Å². The minimum absolute atomic E-state index is 0.361. The zero-order valence-corrected chi connectivity index (χ0v) is 13.8. The van der Waals surface area contributed by atoms with E-state index in [2.05, 4.69) is 22.7 Å². The maximum absolute atomic E-state index is 5.98. The van der Waals surface area contributed by atoms with Gasteiger partial charge in [0.05, 0.1) is 25.1 Å². The number of nitrogens with zero attached hydrogens (tertiary/aromatic N) is 3. The number of hydrogen-bond acceptors (Lipinski definition) is 4. The number of rotatable bonds is 7. The molecule has 3 heterocycles. The SMILES string of the molecule is CCn1cc2c(n1)[C@@H](COCC1CC1)CN(Cc1ccco1)C2. The molecule has 2 aliphatic rings. The number of ether oxygens (including phenoxy) is 1. The molecule has 1 atom stereocenters. The van der Waals surface area contributed by atoms with Crippen molar-refractivity contribution >= 4 is 0 Å². The third-order valence-electron chi connectivity index (χ3n) is 4.78. The molecule has 1 fully saturated rings. The third-order valence-corrected chi connectivity index (χ3v) is 4.78. The van der Waals surface area contributed by atoms with Crippen LogP contribution in [0.5, 0.6) is 0 Å². The van der Waals surface area contributed by atoms with Crippen molar-refractivity contribution in [1.29, 1.82) is 0 Å². The highest BCUT2D eigenvalue weighted by Crippen LogP contribution is 2.31. The molecule has 4 rings (SSSR count). The fraction of sp³-hybridized carbons (Fsp3) is 0.611. The maximum atomic E-state index is 5.98. The van der Waals surface area contributed by atoms with Crippen LogP contribution in [0.15, 0.2) is 29.0 Å². The third kappa shape index (κ3) is 3.51. The summed E-state index contributed by atoms with van der Waals surface area (Å²) in [6.45, 7) is 7.52. The van der Waals surface area contributed by atoms with Crippen molar-refractivity contribution in [3.05, 3.63) is 41.6 Å². The Morgan fingerprint density at radius 1 is 1.35 bits per heavy atom. The van der Waals surface area contributed by atoms with E-state index >= 15 is 0 Å². The molecule has 0 bridgehead atoms. The summed E-state index contributed by atoms with van der Waals surface area (Å²) in [6.07, 6.45) is 6.61. The van der Waals surface area contributed by atoms with E-state index in [0.717, 1.165) is 51.1 Å². The predicted octanol–water partition coefficient (Wildman–Crippen LogP) is 3.02. The Kier molecular flexibility index (Phi) is 4.23. The molecule has 1 aliphatic carbocycles. The van der Waals surface area contributed by atoms with E-state index in [1.54, 1.807) is 6.26 Å². The molecule has 0 aromatic carbocycles. The minimum Gasteiger partial charge on any atom is -0.468 e. The smallest absolute Gasteiger partial charge is 0.117 e. The van der Waals surface area contributed by atoms with Crippen LogP contribution in [-0.4, -0.2) is 34.4 Å². The lowest BCUT2D eigenvalue weighted by molar-refractivity contribution is 0.0865. The normalized spacial score (nSPS) is 21.5. The average Bonchev–Trinajstić information content (AvgIpc) is 3.06. The first-order valence-corrected chi connectivity index (χ1v) is 8.70. The fourth-order valence-corrected chi connectivity index (χ4v) is 3.35. The van der Waals surface area contributed by atoms with Gasteiger partial charge < -0.3 is 9.15 Å². The molecule has 1 saturated carbocycles. The van der Waals surface area contributed by atoms with Gasteiger partial charge in [0.25, 0.3) is 0 Å². The molecule has 2 aromatic rings. The second-order valence-electron chi connectivity index (χ2n) is 6.82. The zero-order valence-electron chi connectivity index (χ0n) is 13.8. The molecule has 124 valence electrons. The van der Waals surface area contributed by atoms with Gasteiger partial charge in [0.1, 0.15) is 5.76 Å². The summed E-state index contributed by atoms with van der Waals surface area (Å²) in [6, 6.07) is 4.00. The average molecular weight is 315 g/mol. The van der Waals surface area contributed by atoms with Gasteiger partial charge in [-0.3, -0.25) is 9.58 Å². The van der Waals surface area contributed by atoms with Crippen LogP contribution in [0.2, 0.25) is 0 Å². The summed E-state index contributed by atoms with van der Waals surface area (Å²) in [5, 5.41) is 4.78. The molecule has 0 unspecified atom stereocenters. The van der Waals surface area contributed by atoms with Crippen LogP contribution in [0, 0.1) is 5.92 Å². The van der Waals surface area contributed by atoms with E-state index in [1.807, 2.05) is 12.1 Å². The second kappa shape index (κ2) is 6.49. The minimum atomic E-state index is 0.361. The van der Waals surface area contributed by atoms with Crippen molar-refractivity contribution in [2.45, 2.75) is 45.3 Å². The van der Waals surface area contributed by atoms with E-state index in [9.17, 15) is 0 Å². The van der Waals surface area contributed by atoms with Crippen LogP contribution in [0.4, 0.5) is 0 Å². The van der Waals surface area contributed by atoms with E-state index in [1.165, 1.54) is 24.1 Å². The van der Waals surface area contributed by atoms with Gasteiger partial charge >= 0.3 is 0 Å². The largest absolute Gasteiger partial charge is 0.468 e. The zero-order chi connectivity index (χ0) is 15.6. The van der Waals surface area contributed by atoms with Crippen molar-refractivity contribution in [1.82, 2.24) is 14.7 Å². The van der Waals surface area contributed by atoms with Crippen LogP contribution in [0.3, 0.4) is 0 Å². The summed E-state index contributed by atoms with van der Waals surface area (Å²) in [5.74, 6) is 2.19. The molecule has 5 heteroatoms. The first-order valence-electron chi connectivity index (χ1n) is 8.70. The van der Waals surface area contributed by atoms with Crippen molar-refractivity contribution < 1.29 is 9.15 Å². The molecule has 0 amide bonds. The van der Waals surface area contributed by atoms with E-state index in [-0.39, 0.29) is 0 Å². The van der Waals surface area contributed by atoms with Gasteiger partial charge in [0.2, 0.25) is 0 Å². The molecule has 0 spiro atoms. The summed E-state index contributed by atoms with van der Waals surface area (Å²) in [7, 11) is 0. The molecule has 5 nitrogen and oxygen atoms in total. The molecule has 1 aliphatic heterocycles. The van der Waals surface area contributed by atoms with Crippen molar-refractivity contribution in [3.8, 4) is 0 Å². The first-order chi connectivity index (χ1) is 11.3. The van der Waals surface area contributed by atoms with Gasteiger partial charge in [0.15, 0.2) is 0 Å². The van der Waals surface area contributed by atoms with Crippen molar-refractivity contribution in [2.24, 2.45) is 5.92 Å². The number of fused-ring (bicyclic) bond motifs is 1. The highest BCUT2D eigenvalue weighted by Gasteiger charge is 2.30.